The Morgan fingerprint density at radius 1 is 1.06 bits per heavy atom. The molecule has 0 atom stereocenters. The van der Waals surface area contributed by atoms with Gasteiger partial charge in [0.25, 0.3) is 5.91 Å². The summed E-state index contributed by atoms with van der Waals surface area (Å²) >= 11 is 0. The number of hydrazone groups is 1. The van der Waals surface area contributed by atoms with Crippen molar-refractivity contribution in [3.63, 3.8) is 0 Å². The Kier molecular flexibility index (Phi) is 7.38. The van der Waals surface area contributed by atoms with Crippen molar-refractivity contribution in [2.75, 3.05) is 6.54 Å². The first-order valence-corrected chi connectivity index (χ1v) is 11.3. The fraction of sp³-hybridized carbons (Fsp3) is 0.217. The van der Waals surface area contributed by atoms with Crippen molar-refractivity contribution < 1.29 is 17.6 Å². The summed E-state index contributed by atoms with van der Waals surface area (Å²) in [5, 5.41) is 3.95. The molecule has 0 aliphatic carbocycles. The van der Waals surface area contributed by atoms with E-state index in [1.807, 2.05) is 24.3 Å². The zero-order valence-corrected chi connectivity index (χ0v) is 18.2. The molecule has 1 amide bonds. The van der Waals surface area contributed by atoms with Crippen LogP contribution in [0.5, 0.6) is 0 Å². The number of rotatable bonds is 9. The van der Waals surface area contributed by atoms with Crippen LogP contribution in [0, 0.1) is 0 Å². The van der Waals surface area contributed by atoms with Gasteiger partial charge in [0, 0.05) is 0 Å². The maximum Gasteiger partial charge on any atom is 0.255 e. The van der Waals surface area contributed by atoms with E-state index in [0.29, 0.717) is 11.7 Å². The standard InChI is InChI=1S/C23H25N3O4S/c1-18(2)20-12-10-19(11-13-20)15-24-25-23(27)17-26(16-21-7-6-14-30-21)31(28,29)22-8-4-3-5-9-22/h3-15,18H,16-17H2,1-2H3,(H,25,27)/b24-15-. The molecule has 8 heteroatoms. The molecule has 0 aliphatic rings. The molecule has 0 aliphatic heterocycles. The molecule has 162 valence electrons. The van der Waals surface area contributed by atoms with Crippen LogP contribution < -0.4 is 5.43 Å². The number of hydrogen-bond donors (Lipinski definition) is 1. The summed E-state index contributed by atoms with van der Waals surface area (Å²) in [6.45, 7) is 3.75. The number of hydrogen-bond acceptors (Lipinski definition) is 5. The molecular formula is C23H25N3O4S. The minimum atomic E-state index is -3.90. The lowest BCUT2D eigenvalue weighted by atomic mass is 10.0. The van der Waals surface area contributed by atoms with Crippen molar-refractivity contribution >= 4 is 22.1 Å². The third-order valence-electron chi connectivity index (χ3n) is 4.62. The number of benzene rings is 2. The number of furan rings is 1. The average Bonchev–Trinajstić information content (AvgIpc) is 3.27. The Hall–Kier alpha value is -3.23. The third-order valence-corrected chi connectivity index (χ3v) is 6.43. The first-order chi connectivity index (χ1) is 14.9. The molecule has 2 aromatic carbocycles. The van der Waals surface area contributed by atoms with Gasteiger partial charge in [0.1, 0.15) is 5.76 Å². The number of amides is 1. The highest BCUT2D eigenvalue weighted by Crippen LogP contribution is 2.18. The average molecular weight is 440 g/mol. The first kappa shape index (κ1) is 22.5. The number of nitrogens with zero attached hydrogens (tertiary/aromatic N) is 2. The predicted molar refractivity (Wildman–Crippen MR) is 119 cm³/mol. The Morgan fingerprint density at radius 3 is 2.39 bits per heavy atom. The Balaban J connectivity index is 1.69. The zero-order valence-electron chi connectivity index (χ0n) is 17.4. The summed E-state index contributed by atoms with van der Waals surface area (Å²) in [5.74, 6) is 0.305. The van der Waals surface area contributed by atoms with Crippen LogP contribution in [0.3, 0.4) is 0 Å². The van der Waals surface area contributed by atoms with E-state index >= 15 is 0 Å². The molecule has 0 bridgehead atoms. The monoisotopic (exact) mass is 439 g/mol. The van der Waals surface area contributed by atoms with E-state index in [4.69, 9.17) is 4.42 Å². The summed E-state index contributed by atoms with van der Waals surface area (Å²) < 4.78 is 32.4. The summed E-state index contributed by atoms with van der Waals surface area (Å²) in [6.07, 6.45) is 2.97. The maximum atomic E-state index is 13.0. The highest BCUT2D eigenvalue weighted by Gasteiger charge is 2.27. The van der Waals surface area contributed by atoms with Crippen molar-refractivity contribution in [1.29, 1.82) is 0 Å². The second-order valence-electron chi connectivity index (χ2n) is 7.28. The molecular weight excluding hydrogens is 414 g/mol. The first-order valence-electron chi connectivity index (χ1n) is 9.85. The Bertz CT molecular complexity index is 1110. The minimum absolute atomic E-state index is 0.0714. The molecule has 1 heterocycles. The van der Waals surface area contributed by atoms with Gasteiger partial charge in [0.15, 0.2) is 0 Å². The van der Waals surface area contributed by atoms with E-state index in [1.54, 1.807) is 30.3 Å². The molecule has 3 rings (SSSR count). The van der Waals surface area contributed by atoms with Crippen LogP contribution in [-0.2, 0) is 21.4 Å². The topological polar surface area (TPSA) is 92.0 Å². The predicted octanol–water partition coefficient (Wildman–Crippen LogP) is 3.74. The molecule has 1 aromatic heterocycles. The molecule has 0 saturated carbocycles. The Labute approximate surface area is 182 Å². The van der Waals surface area contributed by atoms with Crippen LogP contribution in [0.1, 0.15) is 36.7 Å². The van der Waals surface area contributed by atoms with Crippen LogP contribution in [-0.4, -0.2) is 31.4 Å². The summed E-state index contributed by atoms with van der Waals surface area (Å²) in [7, 11) is -3.90. The van der Waals surface area contributed by atoms with Crippen LogP contribution in [0.15, 0.2) is 87.4 Å². The molecule has 7 nitrogen and oxygen atoms in total. The highest BCUT2D eigenvalue weighted by molar-refractivity contribution is 7.89. The van der Waals surface area contributed by atoms with Crippen LogP contribution >= 0.6 is 0 Å². The Morgan fingerprint density at radius 2 is 1.77 bits per heavy atom. The van der Waals surface area contributed by atoms with Crippen LogP contribution in [0.2, 0.25) is 0 Å². The van der Waals surface area contributed by atoms with Crippen molar-refractivity contribution in [2.24, 2.45) is 5.10 Å². The summed E-state index contributed by atoms with van der Waals surface area (Å²) in [4.78, 5) is 12.5. The lowest BCUT2D eigenvalue weighted by Gasteiger charge is -2.20. The molecule has 3 aromatic rings. The van der Waals surface area contributed by atoms with E-state index in [9.17, 15) is 13.2 Å². The lowest BCUT2D eigenvalue weighted by molar-refractivity contribution is -0.121. The van der Waals surface area contributed by atoms with Crippen molar-refractivity contribution in [3.8, 4) is 0 Å². The van der Waals surface area contributed by atoms with Gasteiger partial charge in [-0.15, -0.1) is 0 Å². The number of carbonyl (C=O) groups excluding carboxylic acids is 1. The van der Waals surface area contributed by atoms with Gasteiger partial charge in [0.05, 0.1) is 30.5 Å². The highest BCUT2D eigenvalue weighted by atomic mass is 32.2. The smallest absolute Gasteiger partial charge is 0.255 e. The lowest BCUT2D eigenvalue weighted by Crippen LogP contribution is -2.38. The number of nitrogens with one attached hydrogen (secondary N) is 1. The molecule has 0 radical (unpaired) electrons. The SMILES string of the molecule is CC(C)c1ccc(/C=N\NC(=O)CN(Cc2ccco2)S(=O)(=O)c2ccccc2)cc1. The van der Waals surface area contributed by atoms with Crippen molar-refractivity contribution in [1.82, 2.24) is 9.73 Å². The van der Waals surface area contributed by atoms with Crippen molar-refractivity contribution in [2.45, 2.75) is 31.2 Å². The maximum absolute atomic E-state index is 13.0. The summed E-state index contributed by atoms with van der Waals surface area (Å²) in [6, 6.07) is 19.1. The van der Waals surface area contributed by atoms with Crippen LogP contribution in [0.4, 0.5) is 0 Å². The quantitative estimate of drug-likeness (QED) is 0.406. The van der Waals surface area contributed by atoms with E-state index in [0.717, 1.165) is 9.87 Å². The van der Waals surface area contributed by atoms with E-state index in [2.05, 4.69) is 24.4 Å². The molecule has 0 unspecified atom stereocenters. The fourth-order valence-corrected chi connectivity index (χ4v) is 4.27. The normalized spacial score (nSPS) is 12.0. The number of sulfonamides is 1. The van der Waals surface area contributed by atoms with Gasteiger partial charge < -0.3 is 4.42 Å². The molecule has 1 N–H and O–H groups in total. The van der Waals surface area contributed by atoms with Gasteiger partial charge in [-0.25, -0.2) is 13.8 Å². The van der Waals surface area contributed by atoms with Crippen LogP contribution in [0.25, 0.3) is 0 Å². The molecule has 31 heavy (non-hydrogen) atoms. The zero-order chi connectivity index (χ0) is 22.3. The van der Waals surface area contributed by atoms with Gasteiger partial charge in [-0.05, 0) is 41.3 Å². The van der Waals surface area contributed by atoms with Gasteiger partial charge in [-0.3, -0.25) is 4.79 Å². The van der Waals surface area contributed by atoms with Gasteiger partial charge in [0.2, 0.25) is 10.0 Å². The summed E-state index contributed by atoms with van der Waals surface area (Å²) in [5.41, 5.74) is 4.43. The molecule has 0 spiro atoms. The van der Waals surface area contributed by atoms with E-state index < -0.39 is 22.5 Å². The second kappa shape index (κ2) is 10.2. The van der Waals surface area contributed by atoms with Gasteiger partial charge >= 0.3 is 0 Å². The second-order valence-corrected chi connectivity index (χ2v) is 9.22. The minimum Gasteiger partial charge on any atom is -0.468 e. The van der Waals surface area contributed by atoms with E-state index in [-0.39, 0.29) is 11.4 Å². The fourth-order valence-electron chi connectivity index (χ4n) is 2.89. The van der Waals surface area contributed by atoms with E-state index in [1.165, 1.54) is 30.2 Å². The molecule has 0 saturated heterocycles. The third kappa shape index (κ3) is 6.13. The molecule has 0 fully saturated rings. The van der Waals surface area contributed by atoms with Crippen molar-refractivity contribution in [3.05, 3.63) is 89.9 Å². The van der Waals surface area contributed by atoms with Gasteiger partial charge in [-0.2, -0.15) is 9.41 Å². The largest absolute Gasteiger partial charge is 0.468 e. The number of carbonyl (C=O) groups is 1. The van der Waals surface area contributed by atoms with Gasteiger partial charge in [-0.1, -0.05) is 56.3 Å².